The highest BCUT2D eigenvalue weighted by Crippen LogP contribution is 2.34. The summed E-state index contributed by atoms with van der Waals surface area (Å²) in [7, 11) is 0. The van der Waals surface area contributed by atoms with E-state index >= 15 is 0 Å². The minimum atomic E-state index is -0.656. The standard InChI is InChI=1S/C27H26N4O5/c1-19-23(20(2)31(29-19)21-7-4-3-5-8-21)10-12-27(33)36-18-26(32)30(14-6-13-28)22-9-11-24-25(17-22)35-16-15-34-24/h3-5,7-12,17H,6,14-16,18H2,1-2H3. The summed E-state index contributed by atoms with van der Waals surface area (Å²) in [6.45, 7) is 4.34. The van der Waals surface area contributed by atoms with Gasteiger partial charge in [-0.25, -0.2) is 9.48 Å². The molecule has 0 saturated heterocycles. The summed E-state index contributed by atoms with van der Waals surface area (Å²) in [5.74, 6) is 0.00981. The van der Waals surface area contributed by atoms with Crippen LogP contribution in [0, 0.1) is 25.2 Å². The lowest BCUT2D eigenvalue weighted by molar-refractivity contribution is -0.142. The summed E-state index contributed by atoms with van der Waals surface area (Å²) in [5, 5.41) is 13.6. The molecule has 2 heterocycles. The fourth-order valence-electron chi connectivity index (χ4n) is 3.89. The van der Waals surface area contributed by atoms with Crippen molar-refractivity contribution in [2.75, 3.05) is 31.3 Å². The van der Waals surface area contributed by atoms with Crippen molar-refractivity contribution in [2.45, 2.75) is 20.3 Å². The smallest absolute Gasteiger partial charge is 0.331 e. The van der Waals surface area contributed by atoms with Crippen LogP contribution in [0.15, 0.2) is 54.6 Å². The average Bonchev–Trinajstić information content (AvgIpc) is 3.19. The number of carbonyl (C=O) groups is 2. The van der Waals surface area contributed by atoms with Gasteiger partial charge in [-0.15, -0.1) is 0 Å². The number of nitriles is 1. The Balaban J connectivity index is 1.42. The molecule has 0 N–H and O–H groups in total. The Morgan fingerprint density at radius 1 is 1.14 bits per heavy atom. The predicted molar refractivity (Wildman–Crippen MR) is 133 cm³/mol. The molecule has 0 spiro atoms. The van der Waals surface area contributed by atoms with Crippen molar-refractivity contribution in [1.29, 1.82) is 5.26 Å². The number of ether oxygens (including phenoxy) is 3. The van der Waals surface area contributed by atoms with Crippen molar-refractivity contribution in [2.24, 2.45) is 0 Å². The van der Waals surface area contributed by atoms with E-state index in [-0.39, 0.29) is 13.0 Å². The number of para-hydroxylation sites is 1. The number of aryl methyl sites for hydroxylation is 1. The molecule has 0 fully saturated rings. The Bertz CT molecular complexity index is 1320. The van der Waals surface area contributed by atoms with Crippen LogP contribution in [0.3, 0.4) is 0 Å². The van der Waals surface area contributed by atoms with Gasteiger partial charge in [0.25, 0.3) is 5.91 Å². The molecule has 184 valence electrons. The summed E-state index contributed by atoms with van der Waals surface area (Å²) in [6, 6.07) is 16.8. The third-order valence-electron chi connectivity index (χ3n) is 5.66. The molecule has 4 rings (SSSR count). The molecule has 0 radical (unpaired) electrons. The predicted octanol–water partition coefficient (Wildman–Crippen LogP) is 3.76. The third-order valence-corrected chi connectivity index (χ3v) is 5.66. The van der Waals surface area contributed by atoms with Crippen LogP contribution in [0.1, 0.15) is 23.4 Å². The Morgan fingerprint density at radius 3 is 2.64 bits per heavy atom. The van der Waals surface area contributed by atoms with Gasteiger partial charge >= 0.3 is 5.97 Å². The molecular weight excluding hydrogens is 460 g/mol. The van der Waals surface area contributed by atoms with E-state index in [2.05, 4.69) is 5.10 Å². The second kappa shape index (κ2) is 11.2. The summed E-state index contributed by atoms with van der Waals surface area (Å²) in [5.41, 5.74) is 3.89. The minimum Gasteiger partial charge on any atom is -0.486 e. The Labute approximate surface area is 209 Å². The molecule has 0 atom stereocenters. The lowest BCUT2D eigenvalue weighted by atomic mass is 10.2. The van der Waals surface area contributed by atoms with Gasteiger partial charge in [-0.1, -0.05) is 18.2 Å². The quantitative estimate of drug-likeness (QED) is 0.352. The third kappa shape index (κ3) is 5.55. The zero-order valence-corrected chi connectivity index (χ0v) is 20.1. The molecule has 3 aromatic rings. The van der Waals surface area contributed by atoms with Gasteiger partial charge in [0.05, 0.1) is 23.9 Å². The van der Waals surface area contributed by atoms with Gasteiger partial charge in [0.1, 0.15) is 13.2 Å². The van der Waals surface area contributed by atoms with Crippen molar-refractivity contribution in [3.05, 3.63) is 71.6 Å². The van der Waals surface area contributed by atoms with E-state index in [1.54, 1.807) is 24.3 Å². The number of esters is 1. The number of aromatic nitrogens is 2. The first-order valence-electron chi connectivity index (χ1n) is 11.5. The van der Waals surface area contributed by atoms with Gasteiger partial charge in [0.2, 0.25) is 0 Å². The fourth-order valence-corrected chi connectivity index (χ4v) is 3.89. The maximum atomic E-state index is 12.9. The molecule has 0 unspecified atom stereocenters. The summed E-state index contributed by atoms with van der Waals surface area (Å²) < 4.78 is 18.1. The van der Waals surface area contributed by atoms with Crippen molar-refractivity contribution < 1.29 is 23.8 Å². The molecule has 9 nitrogen and oxygen atoms in total. The molecule has 0 aliphatic carbocycles. The number of amides is 1. The Kier molecular flexibility index (Phi) is 7.66. The fraction of sp³-hybridized carbons (Fsp3) is 0.259. The van der Waals surface area contributed by atoms with Gasteiger partial charge in [-0.05, 0) is 44.2 Å². The van der Waals surface area contributed by atoms with Crippen LogP contribution in [0.2, 0.25) is 0 Å². The zero-order chi connectivity index (χ0) is 25.5. The SMILES string of the molecule is Cc1nn(-c2ccccc2)c(C)c1C=CC(=O)OCC(=O)N(CCC#N)c1ccc2c(c1)OCCO2. The molecule has 1 amide bonds. The summed E-state index contributed by atoms with van der Waals surface area (Å²) >= 11 is 0. The number of benzene rings is 2. The molecule has 1 aliphatic heterocycles. The lowest BCUT2D eigenvalue weighted by Crippen LogP contribution is -2.35. The first-order valence-corrected chi connectivity index (χ1v) is 11.5. The number of carbonyl (C=O) groups excluding carboxylic acids is 2. The normalized spacial score (nSPS) is 12.2. The van der Waals surface area contributed by atoms with Crippen molar-refractivity contribution in [1.82, 2.24) is 9.78 Å². The van der Waals surface area contributed by atoms with E-state index in [9.17, 15) is 9.59 Å². The monoisotopic (exact) mass is 486 g/mol. The lowest BCUT2D eigenvalue weighted by Gasteiger charge is -2.24. The van der Waals surface area contributed by atoms with Crippen molar-refractivity contribution >= 4 is 23.6 Å². The van der Waals surface area contributed by atoms with Gasteiger partial charge in [0.15, 0.2) is 18.1 Å². The largest absolute Gasteiger partial charge is 0.486 e. The molecule has 36 heavy (non-hydrogen) atoms. The van der Waals surface area contributed by atoms with E-state index in [0.717, 1.165) is 22.6 Å². The molecule has 2 aromatic carbocycles. The maximum Gasteiger partial charge on any atom is 0.331 e. The summed E-state index contributed by atoms with van der Waals surface area (Å²) in [6.07, 6.45) is 3.04. The number of fused-ring (bicyclic) bond motifs is 1. The van der Waals surface area contributed by atoms with Crippen LogP contribution in [0.5, 0.6) is 11.5 Å². The maximum absolute atomic E-state index is 12.9. The average molecular weight is 487 g/mol. The first kappa shape index (κ1) is 24.5. The molecular formula is C27H26N4O5. The van der Waals surface area contributed by atoms with Crippen LogP contribution in [-0.2, 0) is 14.3 Å². The van der Waals surface area contributed by atoms with Crippen LogP contribution >= 0.6 is 0 Å². The van der Waals surface area contributed by atoms with E-state index in [0.29, 0.717) is 30.4 Å². The Hall–Kier alpha value is -4.58. The number of nitrogens with zero attached hydrogens (tertiary/aromatic N) is 4. The highest BCUT2D eigenvalue weighted by atomic mass is 16.6. The van der Waals surface area contributed by atoms with Crippen molar-refractivity contribution in [3.8, 4) is 23.3 Å². The molecule has 0 bridgehead atoms. The number of rotatable bonds is 8. The molecule has 0 saturated carbocycles. The van der Waals surface area contributed by atoms with Crippen LogP contribution < -0.4 is 14.4 Å². The topological polar surface area (TPSA) is 107 Å². The van der Waals surface area contributed by atoms with Crippen LogP contribution in [0.4, 0.5) is 5.69 Å². The second-order valence-electron chi connectivity index (χ2n) is 8.05. The number of anilines is 1. The van der Waals surface area contributed by atoms with Crippen LogP contribution in [0.25, 0.3) is 11.8 Å². The van der Waals surface area contributed by atoms with E-state index < -0.39 is 18.5 Å². The van der Waals surface area contributed by atoms with Gasteiger partial charge < -0.3 is 19.1 Å². The molecule has 1 aromatic heterocycles. The first-order chi connectivity index (χ1) is 17.5. The minimum absolute atomic E-state index is 0.123. The zero-order valence-electron chi connectivity index (χ0n) is 20.1. The van der Waals surface area contributed by atoms with E-state index in [1.807, 2.05) is 54.9 Å². The van der Waals surface area contributed by atoms with E-state index in [4.69, 9.17) is 19.5 Å². The van der Waals surface area contributed by atoms with Crippen LogP contribution in [-0.4, -0.2) is 48.0 Å². The number of hydrogen-bond donors (Lipinski definition) is 0. The van der Waals surface area contributed by atoms with Gasteiger partial charge in [-0.3, -0.25) is 4.79 Å². The van der Waals surface area contributed by atoms with Gasteiger partial charge in [0, 0.05) is 35.6 Å². The summed E-state index contributed by atoms with van der Waals surface area (Å²) in [4.78, 5) is 26.7. The second-order valence-corrected chi connectivity index (χ2v) is 8.05. The number of hydrogen-bond acceptors (Lipinski definition) is 7. The molecule has 9 heteroatoms. The molecule has 1 aliphatic rings. The van der Waals surface area contributed by atoms with E-state index in [1.165, 1.54) is 11.0 Å². The van der Waals surface area contributed by atoms with Crippen molar-refractivity contribution in [3.63, 3.8) is 0 Å². The van der Waals surface area contributed by atoms with Gasteiger partial charge in [-0.2, -0.15) is 10.4 Å². The highest BCUT2D eigenvalue weighted by Gasteiger charge is 2.20. The Morgan fingerprint density at radius 2 is 1.89 bits per heavy atom. The highest BCUT2D eigenvalue weighted by molar-refractivity contribution is 5.97.